The molecule has 3 aromatic rings. The van der Waals surface area contributed by atoms with E-state index in [1.807, 2.05) is 26.0 Å². The molecule has 4 rings (SSSR count). The quantitative estimate of drug-likeness (QED) is 0.332. The molecule has 1 aliphatic heterocycles. The van der Waals surface area contributed by atoms with Gasteiger partial charge in [-0.25, -0.2) is 4.39 Å². The average Bonchev–Trinajstić information content (AvgIpc) is 3.05. The van der Waals surface area contributed by atoms with Crippen molar-refractivity contribution in [3.8, 4) is 5.75 Å². The summed E-state index contributed by atoms with van der Waals surface area (Å²) >= 11 is 0. The smallest absolute Gasteiger partial charge is 0.300 e. The second-order valence-electron chi connectivity index (χ2n) is 8.16. The van der Waals surface area contributed by atoms with Crippen LogP contribution in [0.2, 0.25) is 0 Å². The molecule has 5 nitrogen and oxygen atoms in total. The van der Waals surface area contributed by atoms with Gasteiger partial charge in [0.1, 0.15) is 17.3 Å². The SMILES string of the molecule is COc1ccccc1C1/C(=C(\O)c2ccc(F)c(C)c2)C(=O)C(=O)N1c1ccc(C)cc1C. The van der Waals surface area contributed by atoms with Gasteiger partial charge in [-0.15, -0.1) is 0 Å². The lowest BCUT2D eigenvalue weighted by Gasteiger charge is -2.28. The van der Waals surface area contributed by atoms with Gasteiger partial charge >= 0.3 is 0 Å². The Morgan fingerprint density at radius 3 is 2.36 bits per heavy atom. The Morgan fingerprint density at radius 2 is 1.70 bits per heavy atom. The predicted molar refractivity (Wildman–Crippen MR) is 125 cm³/mol. The van der Waals surface area contributed by atoms with E-state index in [1.54, 1.807) is 37.3 Å². The number of hydrogen-bond donors (Lipinski definition) is 1. The lowest BCUT2D eigenvalue weighted by atomic mass is 9.93. The van der Waals surface area contributed by atoms with E-state index in [2.05, 4.69) is 0 Å². The number of anilines is 1. The Bertz CT molecular complexity index is 1310. The number of rotatable bonds is 4. The van der Waals surface area contributed by atoms with Gasteiger partial charge in [0.15, 0.2) is 0 Å². The van der Waals surface area contributed by atoms with Crippen molar-refractivity contribution in [2.75, 3.05) is 12.0 Å². The summed E-state index contributed by atoms with van der Waals surface area (Å²) in [5.74, 6) is -1.88. The maximum absolute atomic E-state index is 13.8. The number of aliphatic hydroxyl groups is 1. The monoisotopic (exact) mass is 445 g/mol. The van der Waals surface area contributed by atoms with Crippen LogP contribution < -0.4 is 9.64 Å². The summed E-state index contributed by atoms with van der Waals surface area (Å²) in [7, 11) is 1.51. The number of aliphatic hydroxyl groups excluding tert-OH is 1. The topological polar surface area (TPSA) is 66.8 Å². The van der Waals surface area contributed by atoms with Crippen LogP contribution >= 0.6 is 0 Å². The third-order valence-corrected chi connectivity index (χ3v) is 5.92. The van der Waals surface area contributed by atoms with Gasteiger partial charge < -0.3 is 9.84 Å². The second-order valence-corrected chi connectivity index (χ2v) is 8.16. The molecule has 1 fully saturated rings. The van der Waals surface area contributed by atoms with E-state index in [0.29, 0.717) is 22.6 Å². The van der Waals surface area contributed by atoms with E-state index in [9.17, 15) is 19.1 Å². The lowest BCUT2D eigenvalue weighted by Crippen LogP contribution is -2.30. The second kappa shape index (κ2) is 8.54. The van der Waals surface area contributed by atoms with Gasteiger partial charge in [0.25, 0.3) is 11.7 Å². The van der Waals surface area contributed by atoms with Gasteiger partial charge in [-0.1, -0.05) is 35.9 Å². The zero-order valence-corrected chi connectivity index (χ0v) is 18.8. The molecule has 6 heteroatoms. The molecule has 1 amide bonds. The lowest BCUT2D eigenvalue weighted by molar-refractivity contribution is -0.132. The number of para-hydroxylation sites is 1. The number of aryl methyl sites for hydroxylation is 3. The van der Waals surface area contributed by atoms with Gasteiger partial charge in [-0.2, -0.15) is 0 Å². The highest BCUT2D eigenvalue weighted by atomic mass is 19.1. The molecule has 0 aliphatic carbocycles. The number of Topliss-reactive ketones (excluding diaryl/α,β-unsaturated/α-hetero) is 1. The molecule has 168 valence electrons. The minimum absolute atomic E-state index is 0.0736. The highest BCUT2D eigenvalue weighted by molar-refractivity contribution is 6.51. The number of ether oxygens (including phenoxy) is 1. The van der Waals surface area contributed by atoms with Gasteiger partial charge in [0.05, 0.1) is 18.7 Å². The third-order valence-electron chi connectivity index (χ3n) is 5.92. The molecule has 1 N–H and O–H groups in total. The fourth-order valence-corrected chi connectivity index (χ4v) is 4.29. The molecule has 1 unspecified atom stereocenters. The number of amides is 1. The van der Waals surface area contributed by atoms with E-state index in [1.165, 1.54) is 30.2 Å². The average molecular weight is 445 g/mol. The van der Waals surface area contributed by atoms with Crippen LogP contribution in [0.3, 0.4) is 0 Å². The zero-order valence-electron chi connectivity index (χ0n) is 18.8. The van der Waals surface area contributed by atoms with Crippen molar-refractivity contribution >= 4 is 23.1 Å². The molecule has 0 aromatic heterocycles. The number of halogens is 1. The summed E-state index contributed by atoms with van der Waals surface area (Å²) < 4.78 is 19.4. The summed E-state index contributed by atoms with van der Waals surface area (Å²) in [4.78, 5) is 28.0. The van der Waals surface area contributed by atoms with Crippen molar-refractivity contribution < 1.29 is 23.8 Å². The van der Waals surface area contributed by atoms with Crippen molar-refractivity contribution in [2.24, 2.45) is 0 Å². The molecular formula is C27H24FNO4. The Morgan fingerprint density at radius 1 is 0.970 bits per heavy atom. The van der Waals surface area contributed by atoms with Crippen LogP contribution in [0.1, 0.15) is 33.9 Å². The number of hydrogen-bond acceptors (Lipinski definition) is 4. The van der Waals surface area contributed by atoms with Crippen LogP contribution in [0.15, 0.2) is 66.2 Å². The van der Waals surface area contributed by atoms with Gasteiger partial charge in [0.2, 0.25) is 0 Å². The summed E-state index contributed by atoms with van der Waals surface area (Å²) in [5, 5.41) is 11.2. The van der Waals surface area contributed by atoms with E-state index in [4.69, 9.17) is 4.74 Å². The molecule has 1 aliphatic rings. The van der Waals surface area contributed by atoms with Crippen LogP contribution in [0.5, 0.6) is 5.75 Å². The standard InChI is InChI=1S/C27H24FNO4/c1-15-9-12-21(17(3)13-15)29-24(19-7-5-6-8-22(19)33-4)23(26(31)27(29)32)25(30)18-10-11-20(28)16(2)14-18/h5-14,24,30H,1-4H3/b25-23+. The first-order valence-electron chi connectivity index (χ1n) is 10.5. The van der Waals surface area contributed by atoms with Gasteiger partial charge in [-0.3, -0.25) is 14.5 Å². The molecule has 1 saturated heterocycles. The van der Waals surface area contributed by atoms with Gasteiger partial charge in [0, 0.05) is 16.8 Å². The Kier molecular flexibility index (Phi) is 5.77. The summed E-state index contributed by atoms with van der Waals surface area (Å²) in [5.41, 5.74) is 3.45. The molecule has 0 spiro atoms. The molecule has 3 aromatic carbocycles. The van der Waals surface area contributed by atoms with Crippen LogP contribution in [0.25, 0.3) is 5.76 Å². The normalized spacial score (nSPS) is 17.5. The number of carbonyl (C=O) groups excluding carboxylic acids is 2. The van der Waals surface area contributed by atoms with Crippen LogP contribution in [0.4, 0.5) is 10.1 Å². The number of methoxy groups -OCH3 is 1. The minimum atomic E-state index is -0.923. The summed E-state index contributed by atoms with van der Waals surface area (Å²) in [6.07, 6.45) is 0. The maximum Gasteiger partial charge on any atom is 0.300 e. The maximum atomic E-state index is 13.8. The molecule has 0 bridgehead atoms. The minimum Gasteiger partial charge on any atom is -0.507 e. The van der Waals surface area contributed by atoms with E-state index in [0.717, 1.165) is 11.1 Å². The van der Waals surface area contributed by atoms with Crippen molar-refractivity contribution in [1.82, 2.24) is 0 Å². The first-order valence-corrected chi connectivity index (χ1v) is 10.5. The Balaban J connectivity index is 2.01. The fraction of sp³-hybridized carbons (Fsp3) is 0.185. The number of carbonyl (C=O) groups is 2. The molecule has 0 saturated carbocycles. The fourth-order valence-electron chi connectivity index (χ4n) is 4.29. The van der Waals surface area contributed by atoms with Crippen LogP contribution in [0, 0.1) is 26.6 Å². The van der Waals surface area contributed by atoms with Crippen molar-refractivity contribution in [1.29, 1.82) is 0 Å². The first-order chi connectivity index (χ1) is 15.7. The molecular weight excluding hydrogens is 421 g/mol. The van der Waals surface area contributed by atoms with Crippen LogP contribution in [-0.4, -0.2) is 23.9 Å². The van der Waals surface area contributed by atoms with Crippen molar-refractivity contribution in [3.05, 3.63) is 99.9 Å². The van der Waals surface area contributed by atoms with Gasteiger partial charge in [-0.05, 0) is 62.2 Å². The van der Waals surface area contributed by atoms with E-state index >= 15 is 0 Å². The highest BCUT2D eigenvalue weighted by Gasteiger charge is 2.48. The predicted octanol–water partition coefficient (Wildman–Crippen LogP) is 5.39. The highest BCUT2D eigenvalue weighted by Crippen LogP contribution is 2.45. The third kappa shape index (κ3) is 3.78. The van der Waals surface area contributed by atoms with Crippen LogP contribution in [-0.2, 0) is 9.59 Å². The van der Waals surface area contributed by atoms with E-state index in [-0.39, 0.29) is 16.9 Å². The Hall–Kier alpha value is -3.93. The largest absolute Gasteiger partial charge is 0.507 e. The zero-order chi connectivity index (χ0) is 23.9. The Labute approximate surface area is 191 Å². The molecule has 1 atom stereocenters. The summed E-state index contributed by atoms with van der Waals surface area (Å²) in [6, 6.07) is 15.8. The first kappa shape index (κ1) is 22.3. The van der Waals surface area contributed by atoms with E-state index < -0.39 is 23.5 Å². The number of ketones is 1. The summed E-state index contributed by atoms with van der Waals surface area (Å²) in [6.45, 7) is 5.38. The number of nitrogens with zero attached hydrogens (tertiary/aromatic N) is 1. The van der Waals surface area contributed by atoms with Crippen molar-refractivity contribution in [2.45, 2.75) is 26.8 Å². The molecule has 1 heterocycles. The van der Waals surface area contributed by atoms with Crippen molar-refractivity contribution in [3.63, 3.8) is 0 Å². The number of benzene rings is 3. The molecule has 33 heavy (non-hydrogen) atoms. The molecule has 0 radical (unpaired) electrons.